The van der Waals surface area contributed by atoms with Crippen molar-refractivity contribution in [2.24, 2.45) is 10.7 Å². The van der Waals surface area contributed by atoms with Crippen molar-refractivity contribution in [3.05, 3.63) is 0 Å². The molecule has 0 atom stereocenters. The first kappa shape index (κ1) is 12.7. The van der Waals surface area contributed by atoms with Gasteiger partial charge in [0, 0.05) is 11.6 Å². The van der Waals surface area contributed by atoms with Crippen LogP contribution in [0, 0.1) is 0 Å². The molecule has 0 unspecified atom stereocenters. The summed E-state index contributed by atoms with van der Waals surface area (Å²) in [5.74, 6) is 0.638. The molecule has 2 aliphatic carbocycles. The molecule has 17 heavy (non-hydrogen) atoms. The van der Waals surface area contributed by atoms with E-state index in [1.54, 1.807) is 0 Å². The van der Waals surface area contributed by atoms with Crippen molar-refractivity contribution < 1.29 is 0 Å². The van der Waals surface area contributed by atoms with Crippen molar-refractivity contribution in [2.75, 3.05) is 20.6 Å². The number of nitrogens with two attached hydrogens (primary N) is 1. The lowest BCUT2D eigenvalue weighted by Crippen LogP contribution is -2.49. The number of aliphatic imine (C=N–C) groups is 1. The summed E-state index contributed by atoms with van der Waals surface area (Å²) in [4.78, 5) is 6.91. The molecule has 0 aromatic heterocycles. The Morgan fingerprint density at radius 1 is 1.29 bits per heavy atom. The van der Waals surface area contributed by atoms with Crippen LogP contribution in [0.1, 0.15) is 44.9 Å². The maximum Gasteiger partial charge on any atom is 0.188 e. The van der Waals surface area contributed by atoms with Gasteiger partial charge in [-0.3, -0.25) is 4.99 Å². The summed E-state index contributed by atoms with van der Waals surface area (Å²) in [5, 5.41) is 3.26. The van der Waals surface area contributed by atoms with Crippen LogP contribution in [0.15, 0.2) is 4.99 Å². The topological polar surface area (TPSA) is 53.6 Å². The number of likely N-dealkylation sites (N-methyl/N-ethyl adjacent to an activating group) is 1. The van der Waals surface area contributed by atoms with Crippen molar-refractivity contribution in [3.63, 3.8) is 0 Å². The molecule has 0 aliphatic heterocycles. The smallest absolute Gasteiger partial charge is 0.188 e. The molecular formula is C13H26N4. The molecule has 2 rings (SSSR count). The third kappa shape index (κ3) is 3.35. The van der Waals surface area contributed by atoms with Gasteiger partial charge in [-0.25, -0.2) is 0 Å². The number of guanidine groups is 1. The lowest BCUT2D eigenvalue weighted by Gasteiger charge is -2.42. The van der Waals surface area contributed by atoms with E-state index in [1.807, 2.05) is 0 Å². The standard InChI is InChI=1S/C13H26N4/c1-17(2)13(8-4-3-5-9-13)10-15-12(14)16-11-6-7-11/h11H,3-10H2,1-2H3,(H3,14,15,16). The molecule has 98 valence electrons. The second-order valence-corrected chi connectivity index (χ2v) is 5.80. The van der Waals surface area contributed by atoms with E-state index in [-0.39, 0.29) is 5.54 Å². The van der Waals surface area contributed by atoms with E-state index in [9.17, 15) is 0 Å². The van der Waals surface area contributed by atoms with Crippen LogP contribution in [0.25, 0.3) is 0 Å². The quantitative estimate of drug-likeness (QED) is 0.574. The molecule has 3 N–H and O–H groups in total. The zero-order valence-corrected chi connectivity index (χ0v) is 11.2. The molecule has 0 heterocycles. The van der Waals surface area contributed by atoms with Gasteiger partial charge in [-0.1, -0.05) is 19.3 Å². The molecule has 0 bridgehead atoms. The first-order valence-electron chi connectivity index (χ1n) is 6.86. The summed E-state index contributed by atoms with van der Waals surface area (Å²) in [7, 11) is 4.34. The highest BCUT2D eigenvalue weighted by molar-refractivity contribution is 5.78. The number of nitrogens with one attached hydrogen (secondary N) is 1. The average molecular weight is 238 g/mol. The highest BCUT2D eigenvalue weighted by atomic mass is 15.2. The average Bonchev–Trinajstić information content (AvgIpc) is 3.11. The number of hydrogen-bond donors (Lipinski definition) is 2. The van der Waals surface area contributed by atoms with Crippen LogP contribution in [0.3, 0.4) is 0 Å². The molecule has 2 saturated carbocycles. The predicted molar refractivity (Wildman–Crippen MR) is 72.2 cm³/mol. The van der Waals surface area contributed by atoms with Gasteiger partial charge in [0.05, 0.1) is 6.54 Å². The fourth-order valence-corrected chi connectivity index (χ4v) is 2.67. The molecule has 0 amide bonds. The molecule has 0 saturated heterocycles. The van der Waals surface area contributed by atoms with Crippen molar-refractivity contribution in [1.82, 2.24) is 10.2 Å². The molecule has 0 aromatic carbocycles. The van der Waals surface area contributed by atoms with Crippen LogP contribution in [-0.4, -0.2) is 43.1 Å². The van der Waals surface area contributed by atoms with Gasteiger partial charge in [-0.15, -0.1) is 0 Å². The van der Waals surface area contributed by atoms with Crippen LogP contribution in [0.4, 0.5) is 0 Å². The molecule has 0 radical (unpaired) electrons. The van der Waals surface area contributed by atoms with Gasteiger partial charge in [-0.05, 0) is 39.8 Å². The fraction of sp³-hybridized carbons (Fsp3) is 0.923. The molecule has 4 heteroatoms. The molecule has 2 aliphatic rings. The normalized spacial score (nSPS) is 25.0. The van der Waals surface area contributed by atoms with Gasteiger partial charge in [0.15, 0.2) is 5.96 Å². The van der Waals surface area contributed by atoms with Crippen LogP contribution in [0.5, 0.6) is 0 Å². The van der Waals surface area contributed by atoms with E-state index in [4.69, 9.17) is 5.73 Å². The Bertz CT molecular complexity index is 275. The first-order valence-corrected chi connectivity index (χ1v) is 6.86. The molecule has 0 aromatic rings. The van der Waals surface area contributed by atoms with Gasteiger partial charge in [-0.2, -0.15) is 0 Å². The molecule has 2 fully saturated rings. The second kappa shape index (κ2) is 5.25. The van der Waals surface area contributed by atoms with E-state index < -0.39 is 0 Å². The molecular weight excluding hydrogens is 212 g/mol. The lowest BCUT2D eigenvalue weighted by molar-refractivity contribution is 0.109. The van der Waals surface area contributed by atoms with Crippen LogP contribution in [-0.2, 0) is 0 Å². The van der Waals surface area contributed by atoms with Crippen molar-refractivity contribution in [1.29, 1.82) is 0 Å². The van der Waals surface area contributed by atoms with E-state index in [0.717, 1.165) is 6.54 Å². The van der Waals surface area contributed by atoms with E-state index >= 15 is 0 Å². The zero-order chi connectivity index (χ0) is 12.3. The molecule has 0 spiro atoms. The minimum Gasteiger partial charge on any atom is -0.370 e. The second-order valence-electron chi connectivity index (χ2n) is 5.80. The van der Waals surface area contributed by atoms with Crippen molar-refractivity contribution >= 4 is 5.96 Å². The van der Waals surface area contributed by atoms with Crippen LogP contribution < -0.4 is 11.1 Å². The van der Waals surface area contributed by atoms with Crippen LogP contribution in [0.2, 0.25) is 0 Å². The minimum absolute atomic E-state index is 0.244. The fourth-order valence-electron chi connectivity index (χ4n) is 2.67. The highest BCUT2D eigenvalue weighted by Crippen LogP contribution is 2.32. The number of rotatable bonds is 4. The van der Waals surface area contributed by atoms with E-state index in [1.165, 1.54) is 44.9 Å². The predicted octanol–water partition coefficient (Wildman–Crippen LogP) is 1.32. The first-order chi connectivity index (χ1) is 8.12. The Morgan fingerprint density at radius 3 is 2.47 bits per heavy atom. The summed E-state index contributed by atoms with van der Waals surface area (Å²) in [6.45, 7) is 0.839. The Balaban J connectivity index is 1.91. The third-order valence-corrected chi connectivity index (χ3v) is 4.21. The maximum absolute atomic E-state index is 5.91. The van der Waals surface area contributed by atoms with Crippen molar-refractivity contribution in [3.8, 4) is 0 Å². The monoisotopic (exact) mass is 238 g/mol. The lowest BCUT2D eigenvalue weighted by atomic mass is 9.81. The Kier molecular flexibility index (Phi) is 3.92. The van der Waals surface area contributed by atoms with Crippen molar-refractivity contribution in [2.45, 2.75) is 56.5 Å². The minimum atomic E-state index is 0.244. The van der Waals surface area contributed by atoms with E-state index in [0.29, 0.717) is 12.0 Å². The van der Waals surface area contributed by atoms with Gasteiger partial charge >= 0.3 is 0 Å². The summed E-state index contributed by atoms with van der Waals surface area (Å²) in [6.07, 6.45) is 9.01. The Hall–Kier alpha value is -0.770. The highest BCUT2D eigenvalue weighted by Gasteiger charge is 2.34. The summed E-state index contributed by atoms with van der Waals surface area (Å²) in [6, 6.07) is 0.598. The number of nitrogens with zero attached hydrogens (tertiary/aromatic N) is 2. The van der Waals surface area contributed by atoms with Gasteiger partial charge < -0.3 is 16.0 Å². The summed E-state index contributed by atoms with van der Waals surface area (Å²) >= 11 is 0. The van der Waals surface area contributed by atoms with Gasteiger partial charge in [0.2, 0.25) is 0 Å². The Labute approximate surface area is 105 Å². The SMILES string of the molecule is CN(C)C1(CN=C(N)NC2CC2)CCCCC1. The summed E-state index contributed by atoms with van der Waals surface area (Å²) < 4.78 is 0. The maximum atomic E-state index is 5.91. The van der Waals surface area contributed by atoms with Gasteiger partial charge in [0.1, 0.15) is 0 Å². The van der Waals surface area contributed by atoms with E-state index in [2.05, 4.69) is 29.3 Å². The summed E-state index contributed by atoms with van der Waals surface area (Å²) in [5.41, 5.74) is 6.16. The van der Waals surface area contributed by atoms with Crippen LogP contribution >= 0.6 is 0 Å². The number of hydrogen-bond acceptors (Lipinski definition) is 2. The largest absolute Gasteiger partial charge is 0.370 e. The Morgan fingerprint density at radius 2 is 1.94 bits per heavy atom. The third-order valence-electron chi connectivity index (χ3n) is 4.21. The molecule has 4 nitrogen and oxygen atoms in total. The van der Waals surface area contributed by atoms with Gasteiger partial charge in [0.25, 0.3) is 0 Å². The zero-order valence-electron chi connectivity index (χ0n) is 11.2.